The van der Waals surface area contributed by atoms with Crippen LogP contribution in [-0.4, -0.2) is 10.8 Å². The molecule has 0 saturated carbocycles. The van der Waals surface area contributed by atoms with Crippen molar-refractivity contribution in [3.05, 3.63) is 76.4 Å². The number of nitro groups is 1. The molecular formula is C16H12N2O5. The van der Waals surface area contributed by atoms with Gasteiger partial charge in [-0.15, -0.1) is 0 Å². The molecule has 0 fully saturated rings. The molecular weight excluding hydrogens is 300 g/mol. The van der Waals surface area contributed by atoms with Gasteiger partial charge in [-0.3, -0.25) is 14.9 Å². The van der Waals surface area contributed by atoms with Gasteiger partial charge in [-0.05, 0) is 24.3 Å². The first-order chi connectivity index (χ1) is 11.1. The average molecular weight is 312 g/mol. The van der Waals surface area contributed by atoms with Gasteiger partial charge in [-0.25, -0.2) is 0 Å². The van der Waals surface area contributed by atoms with Gasteiger partial charge in [0.2, 0.25) is 0 Å². The Morgan fingerprint density at radius 1 is 1.17 bits per heavy atom. The van der Waals surface area contributed by atoms with E-state index in [2.05, 4.69) is 5.32 Å². The maximum Gasteiger partial charge on any atom is 0.287 e. The zero-order valence-corrected chi connectivity index (χ0v) is 11.9. The van der Waals surface area contributed by atoms with Gasteiger partial charge in [0.15, 0.2) is 5.76 Å². The summed E-state index contributed by atoms with van der Waals surface area (Å²) in [6.07, 6.45) is 1.52. The van der Waals surface area contributed by atoms with Crippen LogP contribution in [0.1, 0.15) is 16.3 Å². The molecule has 0 aliphatic carbocycles. The predicted molar refractivity (Wildman–Crippen MR) is 80.7 cm³/mol. The number of benzene rings is 1. The highest BCUT2D eigenvalue weighted by Gasteiger charge is 2.14. The monoisotopic (exact) mass is 312 g/mol. The van der Waals surface area contributed by atoms with E-state index < -0.39 is 10.8 Å². The van der Waals surface area contributed by atoms with Crippen LogP contribution in [0.5, 0.6) is 0 Å². The van der Waals surface area contributed by atoms with E-state index in [0.29, 0.717) is 17.1 Å². The minimum atomic E-state index is -0.483. The maximum absolute atomic E-state index is 12.0. The molecule has 0 atom stereocenters. The number of amides is 1. The molecule has 0 radical (unpaired) electrons. The highest BCUT2D eigenvalue weighted by Crippen LogP contribution is 2.25. The molecule has 2 heterocycles. The Bertz CT molecular complexity index is 836. The Morgan fingerprint density at radius 2 is 2.04 bits per heavy atom. The Balaban J connectivity index is 1.73. The predicted octanol–water partition coefficient (Wildman–Crippen LogP) is 3.38. The number of furan rings is 2. The minimum absolute atomic E-state index is 0.0391. The van der Waals surface area contributed by atoms with Crippen LogP contribution in [0.4, 0.5) is 5.69 Å². The third kappa shape index (κ3) is 3.29. The molecule has 0 aliphatic rings. The summed E-state index contributed by atoms with van der Waals surface area (Å²) in [6.45, 7) is 0.249. The summed E-state index contributed by atoms with van der Waals surface area (Å²) >= 11 is 0. The lowest BCUT2D eigenvalue weighted by atomic mass is 10.1. The summed E-state index contributed by atoms with van der Waals surface area (Å²) in [6, 6.07) is 12.6. The quantitative estimate of drug-likeness (QED) is 0.575. The molecule has 1 N–H and O–H groups in total. The number of nitro benzene ring substituents is 1. The van der Waals surface area contributed by atoms with Crippen LogP contribution < -0.4 is 5.32 Å². The van der Waals surface area contributed by atoms with Crippen molar-refractivity contribution in [1.29, 1.82) is 0 Å². The number of hydrogen-bond donors (Lipinski definition) is 1. The summed E-state index contributed by atoms with van der Waals surface area (Å²) < 4.78 is 10.6. The molecule has 0 bridgehead atoms. The molecule has 0 aliphatic heterocycles. The third-order valence-electron chi connectivity index (χ3n) is 3.17. The van der Waals surface area contributed by atoms with Crippen LogP contribution in [-0.2, 0) is 6.54 Å². The number of hydrogen-bond acceptors (Lipinski definition) is 5. The van der Waals surface area contributed by atoms with Crippen molar-refractivity contribution >= 4 is 11.6 Å². The van der Waals surface area contributed by atoms with Crippen molar-refractivity contribution in [3.63, 3.8) is 0 Å². The molecule has 1 aromatic carbocycles. The average Bonchev–Trinajstić information content (AvgIpc) is 3.24. The Labute approximate surface area is 130 Å². The zero-order valence-electron chi connectivity index (χ0n) is 11.9. The van der Waals surface area contributed by atoms with E-state index in [-0.39, 0.29) is 18.0 Å². The molecule has 0 saturated heterocycles. The summed E-state index contributed by atoms with van der Waals surface area (Å²) in [5, 5.41) is 13.5. The van der Waals surface area contributed by atoms with Crippen LogP contribution in [0.25, 0.3) is 11.3 Å². The lowest BCUT2D eigenvalue weighted by Gasteiger charge is -2.00. The van der Waals surface area contributed by atoms with E-state index in [1.807, 2.05) is 0 Å². The molecule has 2 aromatic heterocycles. The lowest BCUT2D eigenvalue weighted by Crippen LogP contribution is -2.21. The van der Waals surface area contributed by atoms with Crippen LogP contribution in [0.2, 0.25) is 0 Å². The largest absolute Gasteiger partial charge is 0.467 e. The number of carbonyl (C=O) groups is 1. The fourth-order valence-corrected chi connectivity index (χ4v) is 2.06. The van der Waals surface area contributed by atoms with Crippen molar-refractivity contribution in [3.8, 4) is 11.3 Å². The zero-order chi connectivity index (χ0) is 16.2. The molecule has 7 heteroatoms. The van der Waals surface area contributed by atoms with Crippen molar-refractivity contribution < 1.29 is 18.6 Å². The van der Waals surface area contributed by atoms with Crippen LogP contribution in [0, 0.1) is 10.1 Å². The van der Waals surface area contributed by atoms with E-state index in [1.165, 1.54) is 24.5 Å². The van der Waals surface area contributed by atoms with Gasteiger partial charge < -0.3 is 14.2 Å². The number of rotatable bonds is 5. The second-order valence-corrected chi connectivity index (χ2v) is 4.73. The number of nitrogens with one attached hydrogen (secondary N) is 1. The fourth-order valence-electron chi connectivity index (χ4n) is 2.06. The number of non-ortho nitro benzene ring substituents is 1. The van der Waals surface area contributed by atoms with Crippen molar-refractivity contribution in [1.82, 2.24) is 5.32 Å². The molecule has 116 valence electrons. The highest BCUT2D eigenvalue weighted by atomic mass is 16.6. The molecule has 0 unspecified atom stereocenters. The second-order valence-electron chi connectivity index (χ2n) is 4.73. The van der Waals surface area contributed by atoms with E-state index in [4.69, 9.17) is 8.83 Å². The lowest BCUT2D eigenvalue weighted by molar-refractivity contribution is -0.384. The summed E-state index contributed by atoms with van der Waals surface area (Å²) in [4.78, 5) is 22.3. The molecule has 7 nitrogen and oxygen atoms in total. The van der Waals surface area contributed by atoms with E-state index in [0.717, 1.165) is 0 Å². The van der Waals surface area contributed by atoms with Gasteiger partial charge in [0.1, 0.15) is 11.5 Å². The smallest absolute Gasteiger partial charge is 0.287 e. The maximum atomic E-state index is 12.0. The minimum Gasteiger partial charge on any atom is -0.467 e. The van der Waals surface area contributed by atoms with Gasteiger partial charge >= 0.3 is 0 Å². The molecule has 1 amide bonds. The van der Waals surface area contributed by atoms with Crippen molar-refractivity contribution in [2.45, 2.75) is 6.54 Å². The van der Waals surface area contributed by atoms with Gasteiger partial charge in [-0.2, -0.15) is 0 Å². The number of nitrogens with zero attached hydrogens (tertiary/aromatic N) is 1. The fraction of sp³-hybridized carbons (Fsp3) is 0.0625. The summed E-state index contributed by atoms with van der Waals surface area (Å²) in [7, 11) is 0. The topological polar surface area (TPSA) is 98.5 Å². The van der Waals surface area contributed by atoms with Gasteiger partial charge in [0.05, 0.1) is 17.7 Å². The summed E-state index contributed by atoms with van der Waals surface area (Å²) in [5.41, 5.74) is 0.493. The third-order valence-corrected chi connectivity index (χ3v) is 3.17. The first-order valence-electron chi connectivity index (χ1n) is 6.79. The van der Waals surface area contributed by atoms with Crippen LogP contribution in [0.3, 0.4) is 0 Å². The molecule has 0 spiro atoms. The van der Waals surface area contributed by atoms with Gasteiger partial charge in [-0.1, -0.05) is 12.1 Å². The Hall–Kier alpha value is -3.35. The summed E-state index contributed by atoms with van der Waals surface area (Å²) in [5.74, 6) is 0.747. The van der Waals surface area contributed by atoms with Crippen molar-refractivity contribution in [2.75, 3.05) is 0 Å². The Morgan fingerprint density at radius 3 is 2.78 bits per heavy atom. The highest BCUT2D eigenvalue weighted by molar-refractivity contribution is 5.92. The SMILES string of the molecule is O=C(NCc1ccco1)c1ccc(-c2cccc([N+](=O)[O-])c2)o1. The first-order valence-corrected chi connectivity index (χ1v) is 6.79. The molecule has 23 heavy (non-hydrogen) atoms. The van der Waals surface area contributed by atoms with Crippen LogP contribution in [0.15, 0.2) is 63.6 Å². The standard InChI is InChI=1S/C16H12N2O5/c19-16(17-10-13-5-2-8-22-13)15-7-6-14(23-15)11-3-1-4-12(9-11)18(20)21/h1-9H,10H2,(H,17,19). The van der Waals surface area contributed by atoms with E-state index >= 15 is 0 Å². The van der Waals surface area contributed by atoms with E-state index in [9.17, 15) is 14.9 Å². The molecule has 3 rings (SSSR count). The van der Waals surface area contributed by atoms with E-state index in [1.54, 1.807) is 30.3 Å². The van der Waals surface area contributed by atoms with Gasteiger partial charge in [0.25, 0.3) is 11.6 Å². The first kappa shape index (κ1) is 14.6. The normalized spacial score (nSPS) is 10.4. The number of carbonyl (C=O) groups excluding carboxylic acids is 1. The van der Waals surface area contributed by atoms with Gasteiger partial charge in [0, 0.05) is 17.7 Å². The Kier molecular flexibility index (Phi) is 3.92. The van der Waals surface area contributed by atoms with Crippen molar-refractivity contribution in [2.24, 2.45) is 0 Å². The van der Waals surface area contributed by atoms with Crippen LogP contribution >= 0.6 is 0 Å². The molecule has 3 aromatic rings. The second kappa shape index (κ2) is 6.18.